The van der Waals surface area contributed by atoms with Crippen LogP contribution in [0.4, 0.5) is 4.79 Å². The summed E-state index contributed by atoms with van der Waals surface area (Å²) in [6.07, 6.45) is 5.95. The number of aliphatic hydroxyl groups excluding tert-OH is 1. The molecule has 0 radical (unpaired) electrons. The highest BCUT2D eigenvalue weighted by molar-refractivity contribution is 5.88. The molecule has 230 valence electrons. The number of carbonyl (C=O) groups is 4. The molecule has 3 amide bonds. The number of benzene rings is 1. The van der Waals surface area contributed by atoms with Crippen LogP contribution in [-0.4, -0.2) is 64.4 Å². The molecule has 10 heteroatoms. The van der Waals surface area contributed by atoms with Crippen LogP contribution in [0.2, 0.25) is 0 Å². The van der Waals surface area contributed by atoms with Gasteiger partial charge in [-0.25, -0.2) is 4.79 Å². The van der Waals surface area contributed by atoms with Crippen molar-refractivity contribution in [1.29, 1.82) is 0 Å². The van der Waals surface area contributed by atoms with E-state index in [2.05, 4.69) is 16.0 Å². The molecule has 0 saturated heterocycles. The van der Waals surface area contributed by atoms with Crippen LogP contribution in [0.25, 0.3) is 0 Å². The Balaban J connectivity index is 1.95. The lowest BCUT2D eigenvalue weighted by Crippen LogP contribution is -2.50. The number of nitrogens with one attached hydrogen (secondary N) is 3. The summed E-state index contributed by atoms with van der Waals surface area (Å²) in [5, 5.41) is 28.2. The Morgan fingerprint density at radius 3 is 2.32 bits per heavy atom. The third kappa shape index (κ3) is 14.9. The Morgan fingerprint density at radius 1 is 1.00 bits per heavy atom. The maximum atomic E-state index is 12.9. The molecular formula is C31H49N3O7. The number of hydrogen-bond acceptors (Lipinski definition) is 6. The minimum absolute atomic E-state index is 0.0804. The molecule has 1 aromatic rings. The zero-order valence-electron chi connectivity index (χ0n) is 24.8. The van der Waals surface area contributed by atoms with E-state index < -0.39 is 47.7 Å². The number of carbonyl (C=O) groups excluding carboxylic acids is 3. The predicted molar refractivity (Wildman–Crippen MR) is 156 cm³/mol. The highest BCUT2D eigenvalue weighted by Gasteiger charge is 2.29. The number of aliphatic hydroxyl groups is 1. The maximum Gasteiger partial charge on any atom is 0.407 e. The summed E-state index contributed by atoms with van der Waals surface area (Å²) in [5.74, 6) is -1.63. The van der Waals surface area contributed by atoms with Crippen molar-refractivity contribution in [2.45, 2.75) is 122 Å². The summed E-state index contributed by atoms with van der Waals surface area (Å²) >= 11 is 0. The van der Waals surface area contributed by atoms with Crippen molar-refractivity contribution in [3.63, 3.8) is 0 Å². The van der Waals surface area contributed by atoms with Crippen LogP contribution in [0.1, 0.15) is 97.0 Å². The highest BCUT2D eigenvalue weighted by atomic mass is 16.6. The zero-order valence-corrected chi connectivity index (χ0v) is 24.8. The average Bonchev–Trinajstić information content (AvgIpc) is 2.91. The van der Waals surface area contributed by atoms with Gasteiger partial charge in [-0.2, -0.15) is 0 Å². The molecule has 0 heterocycles. The number of alkyl carbamates (subject to hydrolysis) is 1. The number of carboxylic acid groups (broad SMARTS) is 1. The van der Waals surface area contributed by atoms with Gasteiger partial charge in [0.25, 0.3) is 0 Å². The van der Waals surface area contributed by atoms with E-state index in [-0.39, 0.29) is 19.3 Å². The monoisotopic (exact) mass is 575 g/mol. The maximum absolute atomic E-state index is 12.9. The Kier molecular flexibility index (Phi) is 14.6. The second-order valence-electron chi connectivity index (χ2n) is 12.0. The molecule has 3 atom stereocenters. The smallest absolute Gasteiger partial charge is 0.407 e. The summed E-state index contributed by atoms with van der Waals surface area (Å²) in [4.78, 5) is 49.4. The van der Waals surface area contributed by atoms with E-state index in [0.29, 0.717) is 25.3 Å². The van der Waals surface area contributed by atoms with Crippen LogP contribution in [-0.2, 0) is 25.5 Å². The standard InChI is InChI=1S/C31H49N3O7/c1-31(2,3)41-30(40)34-24(17-16-23-13-8-5-9-14-23)26(35)21-27(36)33-25(18-19-28(37)38)29(39)32-20-10-15-22-11-6-4-7-12-22/h4,6-7,11-12,23-26,35H,5,8-10,13-21H2,1-3H3,(H,32,39)(H,33,36)(H,34,40)(H,37,38)/t24?,25-,26?/m0/s1. The van der Waals surface area contributed by atoms with Gasteiger partial charge in [-0.15, -0.1) is 0 Å². The molecule has 1 aliphatic carbocycles. The van der Waals surface area contributed by atoms with Crippen LogP contribution in [0.5, 0.6) is 0 Å². The molecule has 1 aromatic carbocycles. The first kappa shape index (κ1) is 34.1. The van der Waals surface area contributed by atoms with Gasteiger partial charge in [0.1, 0.15) is 11.6 Å². The molecule has 41 heavy (non-hydrogen) atoms. The molecular weight excluding hydrogens is 526 g/mol. The zero-order chi connectivity index (χ0) is 30.3. The molecule has 0 aliphatic heterocycles. The number of aliphatic carboxylic acids is 1. The molecule has 1 saturated carbocycles. The molecule has 0 aromatic heterocycles. The SMILES string of the molecule is CC(C)(C)OC(=O)NC(CCC1CCCCC1)C(O)CC(=O)N[C@@H](CCC(=O)O)C(=O)NCCCc1ccccc1. The number of rotatable bonds is 16. The second-order valence-corrected chi connectivity index (χ2v) is 12.0. The van der Waals surface area contributed by atoms with E-state index in [0.717, 1.165) is 31.2 Å². The van der Waals surface area contributed by atoms with Gasteiger partial charge in [0.15, 0.2) is 0 Å². The molecule has 2 rings (SSSR count). The lowest BCUT2D eigenvalue weighted by Gasteiger charge is -2.29. The molecule has 0 bridgehead atoms. The molecule has 10 nitrogen and oxygen atoms in total. The lowest BCUT2D eigenvalue weighted by atomic mass is 9.84. The number of carboxylic acids is 1. The summed E-state index contributed by atoms with van der Waals surface area (Å²) < 4.78 is 5.37. The second kappa shape index (κ2) is 17.6. The minimum atomic E-state index is -1.21. The van der Waals surface area contributed by atoms with Crippen LogP contribution in [0, 0.1) is 5.92 Å². The molecule has 5 N–H and O–H groups in total. The van der Waals surface area contributed by atoms with Crippen LogP contribution in [0.3, 0.4) is 0 Å². The van der Waals surface area contributed by atoms with Gasteiger partial charge < -0.3 is 30.9 Å². The van der Waals surface area contributed by atoms with Crippen molar-refractivity contribution in [1.82, 2.24) is 16.0 Å². The van der Waals surface area contributed by atoms with Gasteiger partial charge in [-0.3, -0.25) is 14.4 Å². The molecule has 0 spiro atoms. The van der Waals surface area contributed by atoms with Gasteiger partial charge in [0, 0.05) is 13.0 Å². The Hall–Kier alpha value is -3.14. The molecule has 2 unspecified atom stereocenters. The van der Waals surface area contributed by atoms with E-state index in [1.54, 1.807) is 20.8 Å². The van der Waals surface area contributed by atoms with Crippen molar-refractivity contribution in [2.75, 3.05) is 6.54 Å². The van der Waals surface area contributed by atoms with Gasteiger partial charge in [-0.05, 0) is 64.4 Å². The van der Waals surface area contributed by atoms with E-state index >= 15 is 0 Å². The summed E-state index contributed by atoms with van der Waals surface area (Å²) in [7, 11) is 0. The van der Waals surface area contributed by atoms with Crippen LogP contribution >= 0.6 is 0 Å². The quantitative estimate of drug-likeness (QED) is 0.186. The normalized spacial score (nSPS) is 16.2. The Bertz CT molecular complexity index is 958. The average molecular weight is 576 g/mol. The number of amides is 3. The summed E-state index contributed by atoms with van der Waals surface area (Å²) in [5.41, 5.74) is 0.427. The third-order valence-electron chi connectivity index (χ3n) is 7.25. The fraction of sp³-hybridized carbons (Fsp3) is 0.677. The fourth-order valence-corrected chi connectivity index (χ4v) is 5.10. The Morgan fingerprint density at radius 2 is 1.68 bits per heavy atom. The summed E-state index contributed by atoms with van der Waals surface area (Å²) in [6.45, 7) is 5.62. The van der Waals surface area contributed by atoms with Crippen LogP contribution < -0.4 is 16.0 Å². The molecule has 1 fully saturated rings. The first-order chi connectivity index (χ1) is 19.4. The predicted octanol–water partition coefficient (Wildman–Crippen LogP) is 4.09. The fourth-order valence-electron chi connectivity index (χ4n) is 5.10. The van der Waals surface area contributed by atoms with Crippen molar-refractivity contribution in [3.05, 3.63) is 35.9 Å². The van der Waals surface area contributed by atoms with Crippen molar-refractivity contribution in [2.24, 2.45) is 5.92 Å². The largest absolute Gasteiger partial charge is 0.481 e. The molecule has 1 aliphatic rings. The first-order valence-electron chi connectivity index (χ1n) is 14.9. The van der Waals surface area contributed by atoms with E-state index in [4.69, 9.17) is 9.84 Å². The number of hydrogen-bond donors (Lipinski definition) is 5. The van der Waals surface area contributed by atoms with Crippen molar-refractivity contribution in [3.8, 4) is 0 Å². The third-order valence-corrected chi connectivity index (χ3v) is 7.25. The van der Waals surface area contributed by atoms with Crippen LogP contribution in [0.15, 0.2) is 30.3 Å². The van der Waals surface area contributed by atoms with E-state index in [1.807, 2.05) is 30.3 Å². The lowest BCUT2D eigenvalue weighted by molar-refractivity contribution is -0.138. The topological polar surface area (TPSA) is 154 Å². The Labute approximate surface area is 244 Å². The summed E-state index contributed by atoms with van der Waals surface area (Å²) in [6, 6.07) is 8.08. The highest BCUT2D eigenvalue weighted by Crippen LogP contribution is 2.28. The minimum Gasteiger partial charge on any atom is -0.481 e. The van der Waals surface area contributed by atoms with E-state index in [1.165, 1.54) is 19.3 Å². The van der Waals surface area contributed by atoms with Gasteiger partial charge in [0.2, 0.25) is 11.8 Å². The van der Waals surface area contributed by atoms with Crippen molar-refractivity contribution >= 4 is 23.9 Å². The van der Waals surface area contributed by atoms with Gasteiger partial charge >= 0.3 is 12.1 Å². The first-order valence-corrected chi connectivity index (χ1v) is 14.9. The number of ether oxygens (including phenoxy) is 1. The van der Waals surface area contributed by atoms with E-state index in [9.17, 15) is 24.3 Å². The van der Waals surface area contributed by atoms with Gasteiger partial charge in [0.05, 0.1) is 18.6 Å². The number of aryl methyl sites for hydroxylation is 1. The van der Waals surface area contributed by atoms with Gasteiger partial charge in [-0.1, -0.05) is 62.4 Å². The van der Waals surface area contributed by atoms with Crippen molar-refractivity contribution < 1.29 is 34.1 Å².